The number of carboxylic acids is 1. The summed E-state index contributed by atoms with van der Waals surface area (Å²) in [4.78, 5) is 11.1. The molecule has 1 aromatic rings. The third-order valence-electron chi connectivity index (χ3n) is 3.31. The van der Waals surface area contributed by atoms with Gasteiger partial charge in [0.2, 0.25) is 0 Å². The van der Waals surface area contributed by atoms with Gasteiger partial charge in [-0.15, -0.1) is 0 Å². The highest BCUT2D eigenvalue weighted by molar-refractivity contribution is 7.90. The van der Waals surface area contributed by atoms with Crippen molar-refractivity contribution in [3.05, 3.63) is 23.8 Å². The van der Waals surface area contributed by atoms with Crippen molar-refractivity contribution in [3.63, 3.8) is 0 Å². The molecule has 5 nitrogen and oxygen atoms in total. The molecule has 0 aliphatic heterocycles. The van der Waals surface area contributed by atoms with Crippen LogP contribution in [0.5, 0.6) is 5.75 Å². The summed E-state index contributed by atoms with van der Waals surface area (Å²) < 4.78 is 28.3. The molecule has 0 amide bonds. The maximum atomic E-state index is 11.4. The van der Waals surface area contributed by atoms with Crippen molar-refractivity contribution in [2.75, 3.05) is 12.9 Å². The van der Waals surface area contributed by atoms with Gasteiger partial charge in [0.15, 0.2) is 9.84 Å². The van der Waals surface area contributed by atoms with E-state index in [1.807, 2.05) is 0 Å². The van der Waals surface area contributed by atoms with Crippen LogP contribution in [0.25, 0.3) is 0 Å². The van der Waals surface area contributed by atoms with E-state index in [1.165, 1.54) is 18.6 Å². The quantitative estimate of drug-likeness (QED) is 0.894. The molecule has 1 aliphatic rings. The third kappa shape index (κ3) is 3.26. The van der Waals surface area contributed by atoms with E-state index in [9.17, 15) is 13.2 Å². The Morgan fingerprint density at radius 2 is 2.11 bits per heavy atom. The molecule has 0 aromatic heterocycles. The van der Waals surface area contributed by atoms with E-state index in [0.717, 1.165) is 25.2 Å². The Kier molecular flexibility index (Phi) is 3.80. The first-order chi connectivity index (χ1) is 8.88. The lowest BCUT2D eigenvalue weighted by molar-refractivity contribution is 0.0689. The second kappa shape index (κ2) is 5.21. The molecule has 0 spiro atoms. The molecule has 1 saturated carbocycles. The zero-order valence-electron chi connectivity index (χ0n) is 10.6. The zero-order chi connectivity index (χ0) is 14.0. The molecule has 2 rings (SSSR count). The molecule has 0 unspecified atom stereocenters. The summed E-state index contributed by atoms with van der Waals surface area (Å²) in [7, 11) is -3.42. The Morgan fingerprint density at radius 3 is 2.58 bits per heavy atom. The molecule has 104 valence electrons. The van der Waals surface area contributed by atoms with Crippen molar-refractivity contribution in [1.29, 1.82) is 0 Å². The van der Waals surface area contributed by atoms with Gasteiger partial charge in [0.1, 0.15) is 11.3 Å². The van der Waals surface area contributed by atoms with E-state index in [2.05, 4.69) is 0 Å². The van der Waals surface area contributed by atoms with E-state index in [1.54, 1.807) is 0 Å². The highest BCUT2D eigenvalue weighted by atomic mass is 32.2. The lowest BCUT2D eigenvalue weighted by atomic mass is 9.86. The Bertz CT molecular complexity index is 587. The van der Waals surface area contributed by atoms with Crippen molar-refractivity contribution < 1.29 is 23.1 Å². The largest absolute Gasteiger partial charge is 0.492 e. The number of hydrogen-bond acceptors (Lipinski definition) is 4. The van der Waals surface area contributed by atoms with Crippen molar-refractivity contribution in [2.45, 2.75) is 24.2 Å². The smallest absolute Gasteiger partial charge is 0.339 e. The zero-order valence-corrected chi connectivity index (χ0v) is 11.4. The Hall–Kier alpha value is -1.56. The van der Waals surface area contributed by atoms with E-state index >= 15 is 0 Å². The monoisotopic (exact) mass is 284 g/mol. The molecule has 1 aliphatic carbocycles. The van der Waals surface area contributed by atoms with Gasteiger partial charge in [-0.1, -0.05) is 6.42 Å². The van der Waals surface area contributed by atoms with Crippen LogP contribution >= 0.6 is 0 Å². The Balaban J connectivity index is 2.24. The number of sulfone groups is 1. The molecular weight excluding hydrogens is 268 g/mol. The van der Waals surface area contributed by atoms with Crippen LogP contribution in [-0.4, -0.2) is 32.4 Å². The minimum atomic E-state index is -3.42. The molecule has 1 N–H and O–H groups in total. The molecule has 0 saturated heterocycles. The second-order valence-electron chi connectivity index (χ2n) is 4.84. The molecule has 19 heavy (non-hydrogen) atoms. The number of ether oxygens (including phenoxy) is 1. The van der Waals surface area contributed by atoms with Crippen molar-refractivity contribution in [2.24, 2.45) is 5.92 Å². The van der Waals surface area contributed by atoms with Gasteiger partial charge in [0.25, 0.3) is 0 Å². The normalized spacial score (nSPS) is 15.8. The van der Waals surface area contributed by atoms with Gasteiger partial charge < -0.3 is 9.84 Å². The SMILES string of the molecule is CS(=O)(=O)c1ccc(OCC2CCC2)c(C(=O)O)c1. The molecule has 0 radical (unpaired) electrons. The number of hydrogen-bond donors (Lipinski definition) is 1. The van der Waals surface area contributed by atoms with Crippen molar-refractivity contribution in [1.82, 2.24) is 0 Å². The number of benzene rings is 1. The number of aromatic carboxylic acids is 1. The van der Waals surface area contributed by atoms with Crippen LogP contribution in [0.3, 0.4) is 0 Å². The van der Waals surface area contributed by atoms with Crippen LogP contribution < -0.4 is 4.74 Å². The fourth-order valence-electron chi connectivity index (χ4n) is 1.90. The van der Waals surface area contributed by atoms with Crippen LogP contribution in [-0.2, 0) is 9.84 Å². The summed E-state index contributed by atoms with van der Waals surface area (Å²) in [6.45, 7) is 0.485. The lowest BCUT2D eigenvalue weighted by Gasteiger charge is -2.25. The second-order valence-corrected chi connectivity index (χ2v) is 6.86. The summed E-state index contributed by atoms with van der Waals surface area (Å²) in [5.74, 6) is -0.475. The van der Waals surface area contributed by atoms with Crippen LogP contribution in [0.4, 0.5) is 0 Å². The summed E-state index contributed by atoms with van der Waals surface area (Å²) in [5, 5.41) is 9.12. The Labute approximate surface area is 112 Å². The van der Waals surface area contributed by atoms with Gasteiger partial charge >= 0.3 is 5.97 Å². The minimum Gasteiger partial charge on any atom is -0.492 e. The molecule has 1 fully saturated rings. The van der Waals surface area contributed by atoms with E-state index in [0.29, 0.717) is 12.5 Å². The third-order valence-corrected chi connectivity index (χ3v) is 4.42. The van der Waals surface area contributed by atoms with Crippen molar-refractivity contribution >= 4 is 15.8 Å². The maximum Gasteiger partial charge on any atom is 0.339 e. The number of rotatable bonds is 5. The van der Waals surface area contributed by atoms with Gasteiger partial charge in [-0.2, -0.15) is 0 Å². The average molecular weight is 284 g/mol. The topological polar surface area (TPSA) is 80.7 Å². The fraction of sp³-hybridized carbons (Fsp3) is 0.462. The lowest BCUT2D eigenvalue weighted by Crippen LogP contribution is -2.20. The van der Waals surface area contributed by atoms with Gasteiger partial charge in [-0.3, -0.25) is 0 Å². The summed E-state index contributed by atoms with van der Waals surface area (Å²) >= 11 is 0. The van der Waals surface area contributed by atoms with Gasteiger partial charge in [0, 0.05) is 6.26 Å². The number of carbonyl (C=O) groups is 1. The van der Waals surface area contributed by atoms with E-state index < -0.39 is 15.8 Å². The Morgan fingerprint density at radius 1 is 1.42 bits per heavy atom. The van der Waals surface area contributed by atoms with Crippen molar-refractivity contribution in [3.8, 4) is 5.75 Å². The summed E-state index contributed by atoms with van der Waals surface area (Å²) in [5.41, 5.74) is -0.109. The molecule has 0 atom stereocenters. The van der Waals surface area contributed by atoms with E-state index in [-0.39, 0.29) is 16.2 Å². The van der Waals surface area contributed by atoms with E-state index in [4.69, 9.17) is 9.84 Å². The fourth-order valence-corrected chi connectivity index (χ4v) is 2.55. The number of carboxylic acid groups (broad SMARTS) is 1. The van der Waals surface area contributed by atoms with Crippen LogP contribution in [0.1, 0.15) is 29.6 Å². The predicted octanol–water partition coefficient (Wildman–Crippen LogP) is 1.97. The van der Waals surface area contributed by atoms with Gasteiger partial charge in [-0.25, -0.2) is 13.2 Å². The minimum absolute atomic E-state index is 0.0131. The first kappa shape index (κ1) is 13.9. The van der Waals surface area contributed by atoms with Crippen LogP contribution in [0, 0.1) is 5.92 Å². The first-order valence-corrected chi connectivity index (χ1v) is 7.97. The maximum absolute atomic E-state index is 11.4. The standard InChI is InChI=1S/C13H16O5S/c1-19(16,17)10-5-6-12(11(7-10)13(14)15)18-8-9-3-2-4-9/h5-7,9H,2-4,8H2,1H3,(H,14,15). The first-order valence-electron chi connectivity index (χ1n) is 6.08. The molecule has 0 bridgehead atoms. The highest BCUT2D eigenvalue weighted by Crippen LogP contribution is 2.29. The molecule has 0 heterocycles. The summed E-state index contributed by atoms with van der Waals surface area (Å²) in [6.07, 6.45) is 4.43. The molecular formula is C13H16O5S. The van der Waals surface area contributed by atoms with Crippen LogP contribution in [0.2, 0.25) is 0 Å². The summed E-state index contributed by atoms with van der Waals surface area (Å²) in [6, 6.07) is 3.93. The van der Waals surface area contributed by atoms with Gasteiger partial charge in [-0.05, 0) is 37.0 Å². The molecule has 1 aromatic carbocycles. The van der Waals surface area contributed by atoms with Crippen LogP contribution in [0.15, 0.2) is 23.1 Å². The average Bonchev–Trinajstić information content (AvgIpc) is 2.25. The van der Waals surface area contributed by atoms with Gasteiger partial charge in [0.05, 0.1) is 11.5 Å². The predicted molar refractivity (Wildman–Crippen MR) is 69.3 cm³/mol. The molecule has 6 heteroatoms. The highest BCUT2D eigenvalue weighted by Gasteiger charge is 2.21.